The Bertz CT molecular complexity index is 66.2. The van der Waals surface area contributed by atoms with Gasteiger partial charge < -0.3 is 5.32 Å². The van der Waals surface area contributed by atoms with Crippen LogP contribution in [-0.4, -0.2) is 24.6 Å². The number of hydrogen-bond acceptors (Lipinski definition) is 2. The zero-order chi connectivity index (χ0) is 9.07. The third kappa shape index (κ3) is 10.3. The van der Waals surface area contributed by atoms with E-state index < -0.39 is 0 Å². The van der Waals surface area contributed by atoms with Crippen LogP contribution in [0.3, 0.4) is 0 Å². The topological polar surface area (TPSA) is 12.0 Å². The van der Waals surface area contributed by atoms with Crippen molar-refractivity contribution in [2.45, 2.75) is 39.5 Å². The van der Waals surface area contributed by atoms with Crippen molar-refractivity contribution in [2.75, 3.05) is 24.6 Å². The Kier molecular flexibility index (Phi) is 11.6. The summed E-state index contributed by atoms with van der Waals surface area (Å²) in [7, 11) is 0. The van der Waals surface area contributed by atoms with Crippen molar-refractivity contribution in [3.05, 3.63) is 0 Å². The van der Waals surface area contributed by atoms with Gasteiger partial charge in [-0.15, -0.1) is 0 Å². The number of thioether (sulfide) groups is 1. The van der Waals surface area contributed by atoms with Crippen molar-refractivity contribution in [2.24, 2.45) is 0 Å². The molecule has 0 atom stereocenters. The quantitative estimate of drug-likeness (QED) is 0.560. The lowest BCUT2D eigenvalue weighted by molar-refractivity contribution is 0.707. The average molecular weight is 189 g/mol. The van der Waals surface area contributed by atoms with Gasteiger partial charge in [0.2, 0.25) is 0 Å². The van der Waals surface area contributed by atoms with Gasteiger partial charge in [0.05, 0.1) is 0 Å². The van der Waals surface area contributed by atoms with Gasteiger partial charge >= 0.3 is 0 Å². The summed E-state index contributed by atoms with van der Waals surface area (Å²) in [5.41, 5.74) is 0. The fourth-order valence-electron chi connectivity index (χ4n) is 1.00. The molecule has 0 aliphatic rings. The summed E-state index contributed by atoms with van der Waals surface area (Å²) in [6, 6.07) is 0. The van der Waals surface area contributed by atoms with E-state index >= 15 is 0 Å². The first-order valence-corrected chi connectivity index (χ1v) is 6.35. The molecule has 0 spiro atoms. The van der Waals surface area contributed by atoms with Crippen LogP contribution in [0.4, 0.5) is 0 Å². The smallest absolute Gasteiger partial charge is 0.00581 e. The van der Waals surface area contributed by atoms with E-state index in [0.717, 1.165) is 0 Å². The van der Waals surface area contributed by atoms with Gasteiger partial charge in [-0.25, -0.2) is 0 Å². The fourth-order valence-corrected chi connectivity index (χ4v) is 1.90. The van der Waals surface area contributed by atoms with E-state index in [0.29, 0.717) is 0 Å². The van der Waals surface area contributed by atoms with Crippen LogP contribution >= 0.6 is 11.8 Å². The minimum absolute atomic E-state index is 1.18. The molecule has 0 amide bonds. The van der Waals surface area contributed by atoms with Crippen LogP contribution in [0, 0.1) is 0 Å². The summed E-state index contributed by atoms with van der Waals surface area (Å²) in [4.78, 5) is 0. The molecule has 0 saturated carbocycles. The standard InChI is InChI=1S/C10H23NS/c1-3-5-6-9-12-10-8-11-7-4-2/h11H,3-10H2,1-2H3. The molecule has 0 fully saturated rings. The Labute approximate surface area is 81.7 Å². The molecule has 1 N–H and O–H groups in total. The van der Waals surface area contributed by atoms with Gasteiger partial charge in [-0.05, 0) is 25.1 Å². The Morgan fingerprint density at radius 1 is 0.917 bits per heavy atom. The van der Waals surface area contributed by atoms with Crippen LogP contribution in [0.25, 0.3) is 0 Å². The molecule has 0 bridgehead atoms. The second-order valence-corrected chi connectivity index (χ2v) is 4.29. The predicted octanol–water partition coefficient (Wildman–Crippen LogP) is 2.91. The van der Waals surface area contributed by atoms with Gasteiger partial charge in [0.25, 0.3) is 0 Å². The highest BCUT2D eigenvalue weighted by molar-refractivity contribution is 7.99. The molecule has 0 aromatic carbocycles. The maximum absolute atomic E-state index is 3.41. The second-order valence-electron chi connectivity index (χ2n) is 3.07. The molecule has 0 aliphatic heterocycles. The number of unbranched alkanes of at least 4 members (excludes halogenated alkanes) is 2. The predicted molar refractivity (Wildman–Crippen MR) is 60.0 cm³/mol. The summed E-state index contributed by atoms with van der Waals surface area (Å²) >= 11 is 2.08. The van der Waals surface area contributed by atoms with Crippen molar-refractivity contribution in [3.63, 3.8) is 0 Å². The highest BCUT2D eigenvalue weighted by Crippen LogP contribution is 2.04. The first-order chi connectivity index (χ1) is 5.91. The molecule has 0 heterocycles. The van der Waals surface area contributed by atoms with E-state index in [1.54, 1.807) is 0 Å². The van der Waals surface area contributed by atoms with Crippen molar-refractivity contribution in [3.8, 4) is 0 Å². The molecule has 0 aromatic rings. The molecular formula is C10H23NS. The van der Waals surface area contributed by atoms with Crippen LogP contribution in [-0.2, 0) is 0 Å². The van der Waals surface area contributed by atoms with E-state index in [4.69, 9.17) is 0 Å². The van der Waals surface area contributed by atoms with E-state index in [1.165, 1.54) is 50.3 Å². The number of hydrogen-bond donors (Lipinski definition) is 1. The molecule has 0 saturated heterocycles. The summed E-state index contributed by atoms with van der Waals surface area (Å²) in [5.74, 6) is 2.63. The molecule has 1 nitrogen and oxygen atoms in total. The van der Waals surface area contributed by atoms with Crippen molar-refractivity contribution in [1.29, 1.82) is 0 Å². The summed E-state index contributed by atoms with van der Waals surface area (Å²) in [6.45, 7) is 6.83. The first-order valence-electron chi connectivity index (χ1n) is 5.20. The average Bonchev–Trinajstić information content (AvgIpc) is 2.10. The number of nitrogens with one attached hydrogen (secondary N) is 1. The van der Waals surface area contributed by atoms with E-state index in [-0.39, 0.29) is 0 Å². The zero-order valence-corrected chi connectivity index (χ0v) is 9.38. The molecule has 2 heteroatoms. The highest BCUT2D eigenvalue weighted by atomic mass is 32.2. The van der Waals surface area contributed by atoms with Crippen molar-refractivity contribution >= 4 is 11.8 Å². The minimum Gasteiger partial charge on any atom is -0.316 e. The number of rotatable bonds is 9. The summed E-state index contributed by atoms with van der Waals surface area (Å²) in [6.07, 6.45) is 5.39. The minimum atomic E-state index is 1.18. The van der Waals surface area contributed by atoms with Crippen LogP contribution in [0.15, 0.2) is 0 Å². The van der Waals surface area contributed by atoms with E-state index in [1.807, 2.05) is 0 Å². The van der Waals surface area contributed by atoms with Crippen LogP contribution in [0.1, 0.15) is 39.5 Å². The van der Waals surface area contributed by atoms with Gasteiger partial charge in [-0.1, -0.05) is 26.7 Å². The van der Waals surface area contributed by atoms with Gasteiger partial charge in [0.15, 0.2) is 0 Å². The summed E-state index contributed by atoms with van der Waals surface area (Å²) < 4.78 is 0. The molecular weight excluding hydrogens is 166 g/mol. The summed E-state index contributed by atoms with van der Waals surface area (Å²) in [5, 5.41) is 3.41. The van der Waals surface area contributed by atoms with Crippen LogP contribution in [0.5, 0.6) is 0 Å². The molecule has 0 unspecified atom stereocenters. The molecule has 0 aliphatic carbocycles. The Morgan fingerprint density at radius 3 is 2.42 bits per heavy atom. The molecule has 0 aromatic heterocycles. The molecule has 12 heavy (non-hydrogen) atoms. The Morgan fingerprint density at radius 2 is 1.75 bits per heavy atom. The Balaban J connectivity index is 2.73. The van der Waals surface area contributed by atoms with Crippen LogP contribution < -0.4 is 5.32 Å². The van der Waals surface area contributed by atoms with Gasteiger partial charge in [-0.2, -0.15) is 11.8 Å². The Hall–Kier alpha value is 0.310. The van der Waals surface area contributed by atoms with E-state index in [9.17, 15) is 0 Å². The van der Waals surface area contributed by atoms with Gasteiger partial charge in [0.1, 0.15) is 0 Å². The monoisotopic (exact) mass is 189 g/mol. The van der Waals surface area contributed by atoms with Crippen molar-refractivity contribution in [1.82, 2.24) is 5.32 Å². The third-order valence-corrected chi connectivity index (χ3v) is 2.81. The van der Waals surface area contributed by atoms with Crippen molar-refractivity contribution < 1.29 is 0 Å². The van der Waals surface area contributed by atoms with Gasteiger partial charge in [-0.3, -0.25) is 0 Å². The first kappa shape index (κ1) is 12.3. The molecule has 0 rings (SSSR count). The zero-order valence-electron chi connectivity index (χ0n) is 8.57. The SMILES string of the molecule is CCCCCSCCNCCC. The van der Waals surface area contributed by atoms with E-state index in [2.05, 4.69) is 30.9 Å². The third-order valence-electron chi connectivity index (χ3n) is 1.74. The lowest BCUT2D eigenvalue weighted by Crippen LogP contribution is -2.17. The second kappa shape index (κ2) is 11.3. The fraction of sp³-hybridized carbons (Fsp3) is 1.00. The lowest BCUT2D eigenvalue weighted by atomic mass is 10.3. The maximum Gasteiger partial charge on any atom is 0.00581 e. The maximum atomic E-state index is 3.41. The highest BCUT2D eigenvalue weighted by Gasteiger charge is 1.88. The normalized spacial score (nSPS) is 10.5. The largest absolute Gasteiger partial charge is 0.316 e. The van der Waals surface area contributed by atoms with Crippen LogP contribution in [0.2, 0.25) is 0 Å². The molecule has 0 radical (unpaired) electrons. The lowest BCUT2D eigenvalue weighted by Gasteiger charge is -2.02. The van der Waals surface area contributed by atoms with Gasteiger partial charge in [0, 0.05) is 12.3 Å². The molecule has 74 valence electrons.